The van der Waals surface area contributed by atoms with Gasteiger partial charge in [0.15, 0.2) is 11.5 Å². The summed E-state index contributed by atoms with van der Waals surface area (Å²) in [6.07, 6.45) is -10.2. The lowest BCUT2D eigenvalue weighted by atomic mass is 9.86. The second-order valence-electron chi connectivity index (χ2n) is 7.94. The summed E-state index contributed by atoms with van der Waals surface area (Å²) >= 11 is 0. The number of aromatic hydroxyl groups is 4. The highest BCUT2D eigenvalue weighted by Gasteiger charge is 2.47. The van der Waals surface area contributed by atoms with E-state index in [1.54, 1.807) is 0 Å². The van der Waals surface area contributed by atoms with Crippen LogP contribution in [-0.2, 0) is 11.2 Å². The van der Waals surface area contributed by atoms with E-state index in [9.17, 15) is 46.0 Å². The highest BCUT2D eigenvalue weighted by Crippen LogP contribution is 2.50. The van der Waals surface area contributed by atoms with Crippen LogP contribution in [-0.4, -0.2) is 83.1 Å². The lowest BCUT2D eigenvalue weighted by molar-refractivity contribution is -0.232. The lowest BCUT2D eigenvalue weighted by Crippen LogP contribution is -2.55. The number of rotatable bonds is 3. The fraction of sp³-hybridized carbons (Fsp3) is 0.429. The van der Waals surface area contributed by atoms with Gasteiger partial charge in [-0.2, -0.15) is 0 Å². The summed E-state index contributed by atoms with van der Waals surface area (Å²) in [4.78, 5) is 0. The molecule has 174 valence electrons. The molecule has 0 aliphatic carbocycles. The van der Waals surface area contributed by atoms with E-state index >= 15 is 0 Å². The van der Waals surface area contributed by atoms with Crippen molar-refractivity contribution in [2.75, 3.05) is 6.61 Å². The van der Waals surface area contributed by atoms with Crippen molar-refractivity contribution in [3.05, 3.63) is 41.0 Å². The summed E-state index contributed by atoms with van der Waals surface area (Å²) in [5.41, 5.74) is 0.220. The van der Waals surface area contributed by atoms with Gasteiger partial charge >= 0.3 is 0 Å². The number of fused-ring (bicyclic) bond motifs is 1. The van der Waals surface area contributed by atoms with Gasteiger partial charge in [0.1, 0.15) is 53.9 Å². The highest BCUT2D eigenvalue weighted by atomic mass is 16.5. The molecule has 0 spiro atoms. The van der Waals surface area contributed by atoms with E-state index in [2.05, 4.69) is 0 Å². The number of benzene rings is 2. The molecule has 0 radical (unpaired) electrons. The van der Waals surface area contributed by atoms with E-state index in [0.717, 1.165) is 6.07 Å². The molecule has 4 rings (SSSR count). The van der Waals surface area contributed by atoms with Crippen LogP contribution in [0, 0.1) is 0 Å². The number of aliphatic hydroxyl groups excluding tert-OH is 5. The van der Waals surface area contributed by atoms with Gasteiger partial charge in [-0.1, -0.05) is 6.07 Å². The van der Waals surface area contributed by atoms with E-state index in [1.807, 2.05) is 0 Å². The minimum absolute atomic E-state index is 0.0986. The van der Waals surface area contributed by atoms with Crippen LogP contribution in [0.25, 0.3) is 0 Å². The Hall–Kier alpha value is -2.80. The maximum Gasteiger partial charge on any atom is 0.157 e. The SMILES string of the molecule is OC[C@H]1O[C@@H](c2c(O)cc(O)c3c2O[C@@H](c2ccc(O)c(O)c2)[C@@H](O)C3)[C@H](O)[C@@H](O)[C@@H]1O. The molecule has 9 N–H and O–H groups in total. The molecule has 2 heterocycles. The molecule has 11 heteroatoms. The minimum Gasteiger partial charge on any atom is -0.507 e. The second kappa shape index (κ2) is 8.28. The Bertz CT molecular complexity index is 1010. The zero-order valence-corrected chi connectivity index (χ0v) is 16.6. The summed E-state index contributed by atoms with van der Waals surface area (Å²) < 4.78 is 11.4. The standard InChI is InChI=1S/C21H24O11/c22-6-14-16(28)17(29)18(30)21(31-14)15-12(26)5-10(24)8-4-13(27)19(32-20(8)15)7-1-2-9(23)11(25)3-7/h1-3,5,13-14,16-19,21-30H,4,6H2/t13-,14+,16+,17-,18+,19-,21-/m0/s1. The third kappa shape index (κ3) is 3.58. The van der Waals surface area contributed by atoms with E-state index < -0.39 is 66.6 Å². The Morgan fingerprint density at radius 3 is 2.16 bits per heavy atom. The smallest absolute Gasteiger partial charge is 0.157 e. The van der Waals surface area contributed by atoms with Crippen molar-refractivity contribution in [2.24, 2.45) is 0 Å². The number of hydrogen-bond acceptors (Lipinski definition) is 11. The Labute approximate surface area is 181 Å². The van der Waals surface area contributed by atoms with Crippen molar-refractivity contribution in [3.8, 4) is 28.7 Å². The fourth-order valence-corrected chi connectivity index (χ4v) is 4.17. The molecule has 2 aromatic carbocycles. The van der Waals surface area contributed by atoms with Gasteiger partial charge in [-0.05, 0) is 17.7 Å². The summed E-state index contributed by atoms with van der Waals surface area (Å²) in [5.74, 6) is -1.89. The Kier molecular flexibility index (Phi) is 5.79. The summed E-state index contributed by atoms with van der Waals surface area (Å²) in [6, 6.07) is 4.77. The quantitative estimate of drug-likeness (QED) is 0.260. The van der Waals surface area contributed by atoms with Gasteiger partial charge in [0.25, 0.3) is 0 Å². The van der Waals surface area contributed by atoms with Crippen molar-refractivity contribution in [1.82, 2.24) is 0 Å². The average molecular weight is 452 g/mol. The first-order valence-corrected chi connectivity index (χ1v) is 9.88. The van der Waals surface area contributed by atoms with Crippen LogP contribution >= 0.6 is 0 Å². The molecular formula is C21H24O11. The third-order valence-electron chi connectivity index (χ3n) is 5.89. The summed E-state index contributed by atoms with van der Waals surface area (Å²) in [5, 5.41) is 91.0. The molecule has 2 aliphatic heterocycles. The van der Waals surface area contributed by atoms with Gasteiger partial charge < -0.3 is 55.4 Å². The molecule has 11 nitrogen and oxygen atoms in total. The first-order valence-electron chi connectivity index (χ1n) is 9.88. The first kappa shape index (κ1) is 22.4. The lowest BCUT2D eigenvalue weighted by Gasteiger charge is -2.42. The van der Waals surface area contributed by atoms with Crippen molar-refractivity contribution >= 4 is 0 Å². The predicted octanol–water partition coefficient (Wildman–Crippen LogP) is -0.939. The number of phenolic OH excluding ortho intramolecular Hbond substituents is 4. The van der Waals surface area contributed by atoms with Gasteiger partial charge in [-0.3, -0.25) is 0 Å². The van der Waals surface area contributed by atoms with Gasteiger partial charge in [0.2, 0.25) is 0 Å². The van der Waals surface area contributed by atoms with Crippen molar-refractivity contribution in [2.45, 2.75) is 49.1 Å². The highest BCUT2D eigenvalue weighted by molar-refractivity contribution is 5.59. The number of ether oxygens (including phenoxy) is 2. The molecule has 2 aliphatic rings. The normalized spacial score (nSPS) is 32.2. The van der Waals surface area contributed by atoms with E-state index in [1.165, 1.54) is 18.2 Å². The molecule has 0 unspecified atom stereocenters. The molecule has 0 amide bonds. The van der Waals surface area contributed by atoms with Gasteiger partial charge in [0.05, 0.1) is 18.3 Å². The fourth-order valence-electron chi connectivity index (χ4n) is 4.17. The van der Waals surface area contributed by atoms with Crippen molar-refractivity contribution < 1.29 is 55.4 Å². The molecule has 32 heavy (non-hydrogen) atoms. The molecule has 7 atom stereocenters. The number of aliphatic hydroxyl groups is 5. The first-order chi connectivity index (χ1) is 15.1. The van der Waals surface area contributed by atoms with Crippen LogP contribution in [0.4, 0.5) is 0 Å². The summed E-state index contributed by atoms with van der Waals surface area (Å²) in [7, 11) is 0. The Balaban J connectivity index is 1.80. The topological polar surface area (TPSA) is 201 Å². The Morgan fingerprint density at radius 2 is 1.50 bits per heavy atom. The molecule has 2 aromatic rings. The van der Waals surface area contributed by atoms with E-state index in [-0.39, 0.29) is 34.6 Å². The average Bonchev–Trinajstić information content (AvgIpc) is 2.75. The predicted molar refractivity (Wildman–Crippen MR) is 105 cm³/mol. The van der Waals surface area contributed by atoms with Gasteiger partial charge in [0, 0.05) is 18.1 Å². The van der Waals surface area contributed by atoms with Gasteiger partial charge in [-0.15, -0.1) is 0 Å². The van der Waals surface area contributed by atoms with E-state index in [0.29, 0.717) is 0 Å². The number of phenols is 4. The van der Waals surface area contributed by atoms with Crippen LogP contribution in [0.1, 0.15) is 28.9 Å². The van der Waals surface area contributed by atoms with E-state index in [4.69, 9.17) is 9.47 Å². The Morgan fingerprint density at radius 1 is 0.781 bits per heavy atom. The molecule has 1 saturated heterocycles. The molecule has 0 bridgehead atoms. The molecule has 0 saturated carbocycles. The van der Waals surface area contributed by atoms with Gasteiger partial charge in [-0.25, -0.2) is 0 Å². The summed E-state index contributed by atoms with van der Waals surface area (Å²) in [6.45, 7) is -0.683. The molecule has 0 aromatic heterocycles. The van der Waals surface area contributed by atoms with Crippen LogP contribution in [0.15, 0.2) is 24.3 Å². The minimum atomic E-state index is -1.72. The third-order valence-corrected chi connectivity index (χ3v) is 5.89. The monoisotopic (exact) mass is 452 g/mol. The maximum absolute atomic E-state index is 10.6. The second-order valence-corrected chi connectivity index (χ2v) is 7.94. The van der Waals surface area contributed by atoms with Crippen molar-refractivity contribution in [1.29, 1.82) is 0 Å². The largest absolute Gasteiger partial charge is 0.507 e. The number of hydrogen-bond donors (Lipinski definition) is 9. The molecular weight excluding hydrogens is 428 g/mol. The zero-order valence-electron chi connectivity index (χ0n) is 16.6. The van der Waals surface area contributed by atoms with Crippen LogP contribution < -0.4 is 4.74 Å². The van der Waals surface area contributed by atoms with Crippen molar-refractivity contribution in [3.63, 3.8) is 0 Å². The zero-order chi connectivity index (χ0) is 23.3. The maximum atomic E-state index is 10.6. The van der Waals surface area contributed by atoms with Crippen LogP contribution in [0.2, 0.25) is 0 Å². The molecule has 1 fully saturated rings. The van der Waals surface area contributed by atoms with Crippen LogP contribution in [0.5, 0.6) is 28.7 Å². The van der Waals surface area contributed by atoms with Crippen LogP contribution in [0.3, 0.4) is 0 Å².